The van der Waals surface area contributed by atoms with Gasteiger partial charge in [0, 0.05) is 28.7 Å². The van der Waals surface area contributed by atoms with Crippen LogP contribution in [0.2, 0.25) is 0 Å². The van der Waals surface area contributed by atoms with Crippen molar-refractivity contribution in [1.29, 1.82) is 0 Å². The lowest BCUT2D eigenvalue weighted by atomic mass is 10.1. The molecular weight excluding hydrogens is 306 g/mol. The average Bonchev–Trinajstić information content (AvgIpc) is 3.02. The summed E-state index contributed by atoms with van der Waals surface area (Å²) in [4.78, 5) is 13.8. The van der Waals surface area contributed by atoms with Crippen molar-refractivity contribution in [3.05, 3.63) is 60.3 Å². The summed E-state index contributed by atoms with van der Waals surface area (Å²) < 4.78 is 11.3. The number of aromatic nitrogens is 1. The predicted molar refractivity (Wildman–Crippen MR) is 91.5 cm³/mol. The summed E-state index contributed by atoms with van der Waals surface area (Å²) in [5, 5.41) is 9.73. The first kappa shape index (κ1) is 15.9. The number of H-pyrrole nitrogens is 1. The van der Waals surface area contributed by atoms with Crippen LogP contribution in [-0.4, -0.2) is 22.7 Å². The van der Waals surface area contributed by atoms with E-state index in [1.54, 1.807) is 12.1 Å². The van der Waals surface area contributed by atoms with E-state index in [9.17, 15) is 4.79 Å². The van der Waals surface area contributed by atoms with Gasteiger partial charge >= 0.3 is 5.97 Å². The highest BCUT2D eigenvalue weighted by molar-refractivity contribution is 5.85. The number of aliphatic carboxylic acids is 1. The van der Waals surface area contributed by atoms with Gasteiger partial charge in [0.15, 0.2) is 6.61 Å². The fraction of sp³-hybridized carbons (Fsp3) is 0.211. The fourth-order valence-corrected chi connectivity index (χ4v) is 2.66. The number of nitrogens with one attached hydrogen (secondary N) is 1. The summed E-state index contributed by atoms with van der Waals surface area (Å²) in [5.41, 5.74) is 1.96. The number of hydrogen-bond donors (Lipinski definition) is 2. The molecule has 2 aromatic carbocycles. The van der Waals surface area contributed by atoms with Gasteiger partial charge < -0.3 is 19.6 Å². The highest BCUT2D eigenvalue weighted by Gasteiger charge is 2.16. The van der Waals surface area contributed by atoms with E-state index < -0.39 is 5.97 Å². The maximum Gasteiger partial charge on any atom is 0.341 e. The van der Waals surface area contributed by atoms with Crippen molar-refractivity contribution >= 4 is 16.9 Å². The first-order valence-electron chi connectivity index (χ1n) is 7.84. The number of carboxylic acid groups (broad SMARTS) is 1. The molecule has 0 saturated carbocycles. The zero-order chi connectivity index (χ0) is 16.9. The van der Waals surface area contributed by atoms with Crippen molar-refractivity contribution in [3.8, 4) is 11.5 Å². The van der Waals surface area contributed by atoms with Crippen molar-refractivity contribution in [2.24, 2.45) is 0 Å². The molecule has 0 fully saturated rings. The summed E-state index contributed by atoms with van der Waals surface area (Å²) in [6.45, 7) is 1.73. The lowest BCUT2D eigenvalue weighted by molar-refractivity contribution is -0.139. The topological polar surface area (TPSA) is 71.5 Å². The second-order valence-corrected chi connectivity index (χ2v) is 5.46. The van der Waals surface area contributed by atoms with Crippen LogP contribution in [0.5, 0.6) is 11.5 Å². The van der Waals surface area contributed by atoms with Gasteiger partial charge in [-0.1, -0.05) is 25.1 Å². The molecule has 1 atom stereocenters. The van der Waals surface area contributed by atoms with E-state index in [0.717, 1.165) is 28.6 Å². The van der Waals surface area contributed by atoms with Gasteiger partial charge in [0.2, 0.25) is 0 Å². The molecule has 0 saturated heterocycles. The first-order chi connectivity index (χ1) is 11.7. The van der Waals surface area contributed by atoms with Crippen molar-refractivity contribution in [2.75, 3.05) is 6.61 Å². The molecule has 124 valence electrons. The Morgan fingerprint density at radius 1 is 1.17 bits per heavy atom. The molecule has 1 heterocycles. The Labute approximate surface area is 139 Å². The lowest BCUT2D eigenvalue weighted by Gasteiger charge is -2.17. The Morgan fingerprint density at radius 3 is 2.67 bits per heavy atom. The number of fused-ring (bicyclic) bond motifs is 1. The molecule has 2 N–H and O–H groups in total. The lowest BCUT2D eigenvalue weighted by Crippen LogP contribution is -2.09. The molecule has 0 aliphatic heterocycles. The van der Waals surface area contributed by atoms with Crippen molar-refractivity contribution < 1.29 is 19.4 Å². The molecule has 0 aliphatic rings. The minimum atomic E-state index is -0.996. The molecule has 3 aromatic rings. The molecule has 5 nitrogen and oxygen atoms in total. The second kappa shape index (κ2) is 7.08. The van der Waals surface area contributed by atoms with Crippen molar-refractivity contribution in [2.45, 2.75) is 19.4 Å². The van der Waals surface area contributed by atoms with Gasteiger partial charge in [-0.25, -0.2) is 4.79 Å². The number of ether oxygens (including phenoxy) is 2. The van der Waals surface area contributed by atoms with Gasteiger partial charge in [-0.2, -0.15) is 0 Å². The Morgan fingerprint density at radius 2 is 1.96 bits per heavy atom. The maximum atomic E-state index is 10.6. The normalized spacial score (nSPS) is 12.0. The summed E-state index contributed by atoms with van der Waals surface area (Å²) >= 11 is 0. The highest BCUT2D eigenvalue weighted by atomic mass is 16.5. The van der Waals surface area contributed by atoms with Crippen molar-refractivity contribution in [1.82, 2.24) is 4.98 Å². The Bertz CT molecular complexity index is 826. The minimum Gasteiger partial charge on any atom is -0.486 e. The van der Waals surface area contributed by atoms with E-state index in [1.165, 1.54) is 0 Å². The summed E-state index contributed by atoms with van der Waals surface area (Å²) in [7, 11) is 0. The Kier molecular flexibility index (Phi) is 4.70. The van der Waals surface area contributed by atoms with E-state index >= 15 is 0 Å². The molecule has 1 aromatic heterocycles. The first-order valence-corrected chi connectivity index (χ1v) is 7.84. The molecule has 0 radical (unpaired) electrons. The molecule has 5 heteroatoms. The molecule has 0 spiro atoms. The monoisotopic (exact) mass is 325 g/mol. The molecule has 0 bridgehead atoms. The number of carboxylic acids is 1. The van der Waals surface area contributed by atoms with Crippen LogP contribution in [-0.2, 0) is 4.79 Å². The Balaban J connectivity index is 1.84. The summed E-state index contributed by atoms with van der Waals surface area (Å²) in [5.74, 6) is 0.361. The van der Waals surface area contributed by atoms with Gasteiger partial charge in [-0.05, 0) is 30.7 Å². The Hall–Kier alpha value is -2.95. The van der Waals surface area contributed by atoms with E-state index in [2.05, 4.69) is 11.9 Å². The standard InChI is InChI=1S/C19H19NO4/c1-2-18(24-13-6-4-3-5-7-13)16-11-20-17-10-14(8-9-15(16)17)23-12-19(21)22/h3-11,18,20H,2,12H2,1H3,(H,21,22). The molecular formula is C19H19NO4. The zero-order valence-corrected chi connectivity index (χ0v) is 13.4. The van der Waals surface area contributed by atoms with Gasteiger partial charge in [0.25, 0.3) is 0 Å². The third-order valence-corrected chi connectivity index (χ3v) is 3.79. The fourth-order valence-electron chi connectivity index (χ4n) is 2.66. The van der Waals surface area contributed by atoms with Gasteiger partial charge in [-0.15, -0.1) is 0 Å². The van der Waals surface area contributed by atoms with Crippen LogP contribution in [0.15, 0.2) is 54.7 Å². The minimum absolute atomic E-state index is 0.0630. The van der Waals surface area contributed by atoms with E-state index in [-0.39, 0.29) is 12.7 Å². The average molecular weight is 325 g/mol. The predicted octanol–water partition coefficient (Wildman–Crippen LogP) is 4.16. The van der Waals surface area contributed by atoms with E-state index in [1.807, 2.05) is 42.6 Å². The number of carbonyl (C=O) groups is 1. The highest BCUT2D eigenvalue weighted by Crippen LogP contribution is 2.32. The van der Waals surface area contributed by atoms with E-state index in [4.69, 9.17) is 14.6 Å². The van der Waals surface area contributed by atoms with Gasteiger partial charge in [0.05, 0.1) is 0 Å². The summed E-state index contributed by atoms with van der Waals surface area (Å²) in [6.07, 6.45) is 2.70. The third-order valence-electron chi connectivity index (χ3n) is 3.79. The molecule has 0 aliphatic carbocycles. The smallest absolute Gasteiger partial charge is 0.341 e. The van der Waals surface area contributed by atoms with Crippen LogP contribution in [0.1, 0.15) is 25.0 Å². The van der Waals surface area contributed by atoms with Gasteiger partial charge in [-0.3, -0.25) is 0 Å². The SMILES string of the molecule is CCC(Oc1ccccc1)c1c[nH]c2cc(OCC(=O)O)ccc12. The van der Waals surface area contributed by atoms with Crippen LogP contribution in [0.4, 0.5) is 0 Å². The second-order valence-electron chi connectivity index (χ2n) is 5.46. The summed E-state index contributed by atoms with van der Waals surface area (Å²) in [6, 6.07) is 15.2. The molecule has 3 rings (SSSR count). The molecule has 0 amide bonds. The van der Waals surface area contributed by atoms with Crippen LogP contribution in [0, 0.1) is 0 Å². The molecule has 1 unspecified atom stereocenters. The quantitative estimate of drug-likeness (QED) is 0.684. The maximum absolute atomic E-state index is 10.6. The number of para-hydroxylation sites is 1. The number of aromatic amines is 1. The van der Waals surface area contributed by atoms with Crippen LogP contribution in [0.25, 0.3) is 10.9 Å². The van der Waals surface area contributed by atoms with E-state index in [0.29, 0.717) is 5.75 Å². The number of hydrogen-bond acceptors (Lipinski definition) is 3. The zero-order valence-electron chi connectivity index (χ0n) is 13.4. The number of benzene rings is 2. The van der Waals surface area contributed by atoms with Crippen LogP contribution in [0.3, 0.4) is 0 Å². The van der Waals surface area contributed by atoms with Crippen molar-refractivity contribution in [3.63, 3.8) is 0 Å². The molecule has 24 heavy (non-hydrogen) atoms. The van der Waals surface area contributed by atoms with Crippen LogP contribution < -0.4 is 9.47 Å². The third kappa shape index (κ3) is 3.51. The largest absolute Gasteiger partial charge is 0.486 e. The van der Waals surface area contributed by atoms with Gasteiger partial charge in [0.1, 0.15) is 17.6 Å². The van der Waals surface area contributed by atoms with Crippen LogP contribution >= 0.6 is 0 Å². The number of rotatable bonds is 7.